The summed E-state index contributed by atoms with van der Waals surface area (Å²) in [7, 11) is -3.60. The molecule has 0 bridgehead atoms. The molecule has 6 heteroatoms. The van der Waals surface area contributed by atoms with Crippen LogP contribution in [0.1, 0.15) is 30.0 Å². The van der Waals surface area contributed by atoms with Gasteiger partial charge in [0.1, 0.15) is 0 Å². The van der Waals surface area contributed by atoms with Crippen LogP contribution in [-0.4, -0.2) is 33.0 Å². The SMILES string of the molecule is N#Cc1ccc(S(=O)(=O)NCC(c2ccccc2)N2CCCC2)cc1. The predicted molar refractivity (Wildman–Crippen MR) is 96.3 cm³/mol. The van der Waals surface area contributed by atoms with Crippen molar-refractivity contribution < 1.29 is 8.42 Å². The Morgan fingerprint density at radius 2 is 1.68 bits per heavy atom. The lowest BCUT2D eigenvalue weighted by molar-refractivity contribution is 0.246. The van der Waals surface area contributed by atoms with E-state index < -0.39 is 10.0 Å². The number of benzene rings is 2. The Hall–Kier alpha value is -2.20. The molecule has 1 atom stereocenters. The molecule has 0 aliphatic carbocycles. The van der Waals surface area contributed by atoms with Gasteiger partial charge in [-0.1, -0.05) is 30.3 Å². The van der Waals surface area contributed by atoms with Gasteiger partial charge in [0, 0.05) is 12.6 Å². The standard InChI is InChI=1S/C19H21N3O2S/c20-14-16-8-10-18(11-9-16)25(23,24)21-15-19(22-12-4-5-13-22)17-6-2-1-3-7-17/h1-3,6-11,19,21H,4-5,12-13,15H2. The summed E-state index contributed by atoms with van der Waals surface area (Å²) < 4.78 is 27.9. The summed E-state index contributed by atoms with van der Waals surface area (Å²) in [5.41, 5.74) is 1.56. The molecule has 1 aliphatic heterocycles. The van der Waals surface area contributed by atoms with Gasteiger partial charge in [-0.25, -0.2) is 13.1 Å². The Labute approximate surface area is 149 Å². The zero-order valence-electron chi connectivity index (χ0n) is 13.9. The van der Waals surface area contributed by atoms with Crippen molar-refractivity contribution in [1.29, 1.82) is 5.26 Å². The van der Waals surface area contributed by atoms with Crippen molar-refractivity contribution in [1.82, 2.24) is 9.62 Å². The first-order chi connectivity index (χ1) is 12.1. The van der Waals surface area contributed by atoms with E-state index in [-0.39, 0.29) is 10.9 Å². The fraction of sp³-hybridized carbons (Fsp3) is 0.316. The van der Waals surface area contributed by atoms with Gasteiger partial charge >= 0.3 is 0 Å². The molecule has 130 valence electrons. The second-order valence-corrected chi connectivity index (χ2v) is 7.92. The van der Waals surface area contributed by atoms with Crippen LogP contribution >= 0.6 is 0 Å². The molecule has 5 nitrogen and oxygen atoms in total. The maximum Gasteiger partial charge on any atom is 0.240 e. The highest BCUT2D eigenvalue weighted by molar-refractivity contribution is 7.89. The van der Waals surface area contributed by atoms with Crippen molar-refractivity contribution in [2.75, 3.05) is 19.6 Å². The number of nitrogens with one attached hydrogen (secondary N) is 1. The zero-order valence-corrected chi connectivity index (χ0v) is 14.7. The first-order valence-corrected chi connectivity index (χ1v) is 9.87. The van der Waals surface area contributed by atoms with Crippen molar-refractivity contribution >= 4 is 10.0 Å². The van der Waals surface area contributed by atoms with Gasteiger partial charge in [-0.2, -0.15) is 5.26 Å². The molecule has 1 aliphatic rings. The number of rotatable bonds is 6. The summed E-state index contributed by atoms with van der Waals surface area (Å²) in [5.74, 6) is 0. The van der Waals surface area contributed by atoms with E-state index in [9.17, 15) is 8.42 Å². The average molecular weight is 355 g/mol. The number of likely N-dealkylation sites (tertiary alicyclic amines) is 1. The van der Waals surface area contributed by atoms with Crippen LogP contribution < -0.4 is 4.72 Å². The maximum atomic E-state index is 12.6. The fourth-order valence-electron chi connectivity index (χ4n) is 3.17. The van der Waals surface area contributed by atoms with E-state index in [4.69, 9.17) is 5.26 Å². The van der Waals surface area contributed by atoms with Gasteiger partial charge in [0.05, 0.1) is 16.5 Å². The van der Waals surface area contributed by atoms with Gasteiger partial charge in [0.15, 0.2) is 0 Å². The molecule has 0 saturated carbocycles. The normalized spacial score (nSPS) is 16.4. The topological polar surface area (TPSA) is 73.2 Å². The van der Waals surface area contributed by atoms with Crippen molar-refractivity contribution in [3.8, 4) is 6.07 Å². The van der Waals surface area contributed by atoms with E-state index in [2.05, 4.69) is 9.62 Å². The molecule has 2 aromatic rings. The molecule has 0 amide bonds. The summed E-state index contributed by atoms with van der Waals surface area (Å²) in [4.78, 5) is 2.51. The van der Waals surface area contributed by atoms with E-state index in [0.717, 1.165) is 31.5 Å². The molecule has 1 N–H and O–H groups in total. The molecule has 25 heavy (non-hydrogen) atoms. The van der Waals surface area contributed by atoms with Crippen molar-refractivity contribution in [3.63, 3.8) is 0 Å². The van der Waals surface area contributed by atoms with E-state index in [1.807, 2.05) is 36.4 Å². The van der Waals surface area contributed by atoms with Crippen LogP contribution in [0.3, 0.4) is 0 Å². The molecule has 0 aromatic heterocycles. The van der Waals surface area contributed by atoms with Gasteiger partial charge in [-0.3, -0.25) is 4.90 Å². The summed E-state index contributed by atoms with van der Waals surface area (Å²) in [5, 5.41) is 8.83. The van der Waals surface area contributed by atoms with Crippen LogP contribution in [0.25, 0.3) is 0 Å². The maximum absolute atomic E-state index is 12.6. The lowest BCUT2D eigenvalue weighted by Gasteiger charge is -2.28. The highest BCUT2D eigenvalue weighted by Gasteiger charge is 2.25. The summed E-state index contributed by atoms with van der Waals surface area (Å²) in [6, 6.07) is 18.0. The largest absolute Gasteiger partial charge is 0.295 e. The van der Waals surface area contributed by atoms with Gasteiger partial charge < -0.3 is 0 Å². The minimum Gasteiger partial charge on any atom is -0.295 e. The molecule has 3 rings (SSSR count). The second kappa shape index (κ2) is 7.79. The van der Waals surface area contributed by atoms with Gasteiger partial charge in [0.25, 0.3) is 0 Å². The van der Waals surface area contributed by atoms with Crippen LogP contribution in [0.5, 0.6) is 0 Å². The Balaban J connectivity index is 1.76. The molecule has 0 radical (unpaired) electrons. The van der Waals surface area contributed by atoms with E-state index in [0.29, 0.717) is 12.1 Å². The highest BCUT2D eigenvalue weighted by Crippen LogP contribution is 2.25. The van der Waals surface area contributed by atoms with Crippen LogP contribution in [-0.2, 0) is 10.0 Å². The minimum atomic E-state index is -3.60. The monoisotopic (exact) mass is 355 g/mol. The van der Waals surface area contributed by atoms with E-state index >= 15 is 0 Å². The Morgan fingerprint density at radius 3 is 2.28 bits per heavy atom. The highest BCUT2D eigenvalue weighted by atomic mass is 32.2. The van der Waals surface area contributed by atoms with Crippen molar-refractivity contribution in [3.05, 3.63) is 65.7 Å². The van der Waals surface area contributed by atoms with E-state index in [1.165, 1.54) is 24.3 Å². The number of nitrogens with zero attached hydrogens (tertiary/aromatic N) is 2. The van der Waals surface area contributed by atoms with Crippen LogP contribution in [0.4, 0.5) is 0 Å². The van der Waals surface area contributed by atoms with Crippen molar-refractivity contribution in [2.24, 2.45) is 0 Å². The Kier molecular flexibility index (Phi) is 5.49. The summed E-state index contributed by atoms with van der Waals surface area (Å²) in [6.07, 6.45) is 2.29. The van der Waals surface area contributed by atoms with Gasteiger partial charge in [0.2, 0.25) is 10.0 Å². The molecule has 1 heterocycles. The molecule has 1 fully saturated rings. The summed E-state index contributed by atoms with van der Waals surface area (Å²) >= 11 is 0. The number of hydrogen-bond acceptors (Lipinski definition) is 4. The third kappa shape index (κ3) is 4.26. The molecule has 0 spiro atoms. The minimum absolute atomic E-state index is 0.0249. The van der Waals surface area contributed by atoms with Crippen LogP contribution in [0, 0.1) is 11.3 Å². The van der Waals surface area contributed by atoms with Crippen LogP contribution in [0.2, 0.25) is 0 Å². The molecular weight excluding hydrogens is 334 g/mol. The van der Waals surface area contributed by atoms with Crippen LogP contribution in [0.15, 0.2) is 59.5 Å². The van der Waals surface area contributed by atoms with Gasteiger partial charge in [-0.05, 0) is 55.8 Å². The number of sulfonamides is 1. The third-order valence-corrected chi connectivity index (χ3v) is 5.97. The molecule has 1 unspecified atom stereocenters. The summed E-state index contributed by atoms with van der Waals surface area (Å²) in [6.45, 7) is 2.29. The van der Waals surface area contributed by atoms with E-state index in [1.54, 1.807) is 0 Å². The van der Waals surface area contributed by atoms with Crippen molar-refractivity contribution in [2.45, 2.75) is 23.8 Å². The average Bonchev–Trinajstić information content (AvgIpc) is 3.17. The second-order valence-electron chi connectivity index (χ2n) is 6.16. The lowest BCUT2D eigenvalue weighted by Crippen LogP contribution is -2.36. The predicted octanol–water partition coefficient (Wildman–Crippen LogP) is 2.67. The number of nitriles is 1. The quantitative estimate of drug-likeness (QED) is 0.865. The first-order valence-electron chi connectivity index (χ1n) is 8.39. The number of hydrogen-bond donors (Lipinski definition) is 1. The Bertz CT molecular complexity index is 836. The lowest BCUT2D eigenvalue weighted by atomic mass is 10.1. The fourth-order valence-corrected chi connectivity index (χ4v) is 4.21. The zero-order chi connectivity index (χ0) is 17.7. The van der Waals surface area contributed by atoms with Gasteiger partial charge in [-0.15, -0.1) is 0 Å². The molecular formula is C19H21N3O2S. The molecule has 2 aromatic carbocycles. The Morgan fingerprint density at radius 1 is 1.04 bits per heavy atom. The smallest absolute Gasteiger partial charge is 0.240 e. The molecule has 1 saturated heterocycles. The first kappa shape index (κ1) is 17.6. The third-order valence-electron chi connectivity index (χ3n) is 4.53.